The molecule has 1 aliphatic rings. The Hall–Kier alpha value is -3.88. The number of methoxy groups -OCH3 is 1. The number of nitrogens with zero attached hydrogens (tertiary/aromatic N) is 1. The van der Waals surface area contributed by atoms with Crippen molar-refractivity contribution in [2.45, 2.75) is 6.42 Å². The number of hydrogen-bond donors (Lipinski definition) is 2. The molecule has 1 heterocycles. The van der Waals surface area contributed by atoms with Crippen molar-refractivity contribution in [2.24, 2.45) is 11.7 Å². The molecule has 30 heavy (non-hydrogen) atoms. The van der Waals surface area contributed by atoms with Crippen molar-refractivity contribution in [1.82, 2.24) is 0 Å². The number of nitrogens with one attached hydrogen (secondary N) is 1. The van der Waals surface area contributed by atoms with Crippen LogP contribution in [0.15, 0.2) is 48.5 Å². The monoisotopic (exact) mass is 411 g/mol. The number of ether oxygens (including phenoxy) is 2. The normalized spacial score (nSPS) is 15.6. The van der Waals surface area contributed by atoms with Crippen molar-refractivity contribution in [3.05, 3.63) is 54.1 Å². The van der Waals surface area contributed by atoms with Gasteiger partial charge in [-0.1, -0.05) is 12.1 Å². The first-order valence-corrected chi connectivity index (χ1v) is 9.18. The number of rotatable bonds is 7. The van der Waals surface area contributed by atoms with Gasteiger partial charge >= 0.3 is 5.97 Å². The largest absolute Gasteiger partial charge is 0.495 e. The number of anilines is 2. The SMILES string of the molecule is COc1ccccc1N1C[C@@H](C(=O)OCC(=O)Nc2ccc(C(N)=O)cc2)CC1=O. The van der Waals surface area contributed by atoms with Gasteiger partial charge in [0.05, 0.1) is 18.7 Å². The smallest absolute Gasteiger partial charge is 0.311 e. The topological polar surface area (TPSA) is 128 Å². The van der Waals surface area contributed by atoms with Gasteiger partial charge in [-0.25, -0.2) is 0 Å². The standard InChI is InChI=1S/C21H21N3O6/c1-29-17-5-3-2-4-16(17)24-11-14(10-19(24)26)21(28)30-12-18(25)23-15-8-6-13(7-9-15)20(22)27/h2-9,14H,10-12H2,1H3,(H2,22,27)(H,23,25)/t14-/m0/s1. The van der Waals surface area contributed by atoms with Crippen LogP contribution in [-0.2, 0) is 19.1 Å². The second-order valence-corrected chi connectivity index (χ2v) is 6.67. The molecule has 1 saturated heterocycles. The average Bonchev–Trinajstić information content (AvgIpc) is 3.14. The van der Waals surface area contributed by atoms with Crippen LogP contribution < -0.4 is 20.7 Å². The Kier molecular flexibility index (Phi) is 6.31. The third-order valence-electron chi connectivity index (χ3n) is 4.63. The number of amides is 3. The highest BCUT2D eigenvalue weighted by atomic mass is 16.5. The lowest BCUT2D eigenvalue weighted by atomic mass is 10.1. The molecule has 0 unspecified atom stereocenters. The molecule has 3 rings (SSSR count). The summed E-state index contributed by atoms with van der Waals surface area (Å²) in [6.45, 7) is -0.343. The van der Waals surface area contributed by atoms with E-state index in [0.717, 1.165) is 0 Å². The number of nitrogens with two attached hydrogens (primary N) is 1. The molecule has 9 heteroatoms. The average molecular weight is 411 g/mol. The summed E-state index contributed by atoms with van der Waals surface area (Å²) in [4.78, 5) is 49.2. The Morgan fingerprint density at radius 1 is 1.13 bits per heavy atom. The zero-order valence-electron chi connectivity index (χ0n) is 16.3. The molecule has 2 aromatic carbocycles. The molecule has 0 bridgehead atoms. The van der Waals surface area contributed by atoms with Gasteiger partial charge in [-0.15, -0.1) is 0 Å². The van der Waals surface area contributed by atoms with Crippen LogP contribution in [0.2, 0.25) is 0 Å². The van der Waals surface area contributed by atoms with Crippen LogP contribution in [0.5, 0.6) is 5.75 Å². The first-order valence-electron chi connectivity index (χ1n) is 9.18. The van der Waals surface area contributed by atoms with Gasteiger partial charge in [-0.2, -0.15) is 0 Å². The molecule has 0 aliphatic carbocycles. The molecule has 0 aromatic heterocycles. The van der Waals surface area contributed by atoms with Crippen LogP contribution in [-0.4, -0.2) is 44.0 Å². The molecular formula is C21H21N3O6. The lowest BCUT2D eigenvalue weighted by molar-refractivity contribution is -0.151. The molecular weight excluding hydrogens is 390 g/mol. The number of carbonyl (C=O) groups is 4. The third-order valence-corrected chi connectivity index (χ3v) is 4.63. The van der Waals surface area contributed by atoms with E-state index in [1.165, 1.54) is 36.3 Å². The van der Waals surface area contributed by atoms with Crippen molar-refractivity contribution < 1.29 is 28.7 Å². The van der Waals surface area contributed by atoms with Crippen molar-refractivity contribution in [1.29, 1.82) is 0 Å². The van der Waals surface area contributed by atoms with Crippen LogP contribution >= 0.6 is 0 Å². The van der Waals surface area contributed by atoms with Gasteiger partial charge < -0.3 is 25.4 Å². The molecule has 0 spiro atoms. The lowest BCUT2D eigenvalue weighted by Gasteiger charge is -2.19. The van der Waals surface area contributed by atoms with Crippen LogP contribution in [0.1, 0.15) is 16.8 Å². The van der Waals surface area contributed by atoms with E-state index < -0.39 is 30.3 Å². The van der Waals surface area contributed by atoms with E-state index in [2.05, 4.69) is 5.32 Å². The van der Waals surface area contributed by atoms with Gasteiger partial charge in [0, 0.05) is 24.2 Å². The molecule has 0 saturated carbocycles. The van der Waals surface area contributed by atoms with Gasteiger partial charge in [-0.05, 0) is 36.4 Å². The minimum atomic E-state index is -0.676. The van der Waals surface area contributed by atoms with Crippen molar-refractivity contribution in [2.75, 3.05) is 30.5 Å². The fraction of sp³-hybridized carbons (Fsp3) is 0.238. The molecule has 3 amide bonds. The first-order chi connectivity index (χ1) is 14.4. The molecule has 2 aromatic rings. The van der Waals surface area contributed by atoms with Gasteiger partial charge in [0.15, 0.2) is 6.61 Å². The number of hydrogen-bond acceptors (Lipinski definition) is 6. The summed E-state index contributed by atoms with van der Waals surface area (Å²) in [5.41, 5.74) is 6.48. The van der Waals surface area contributed by atoms with E-state index in [4.69, 9.17) is 15.2 Å². The zero-order valence-corrected chi connectivity index (χ0v) is 16.3. The van der Waals surface area contributed by atoms with Crippen LogP contribution in [0, 0.1) is 5.92 Å². The number of para-hydroxylation sites is 2. The predicted octanol–water partition coefficient (Wildman–Crippen LogP) is 1.33. The Labute approximate surface area is 172 Å². The van der Waals surface area contributed by atoms with E-state index >= 15 is 0 Å². The summed E-state index contributed by atoms with van der Waals surface area (Å²) in [5, 5.41) is 2.55. The highest BCUT2D eigenvalue weighted by Crippen LogP contribution is 2.33. The number of carbonyl (C=O) groups excluding carboxylic acids is 4. The zero-order chi connectivity index (χ0) is 21.7. The predicted molar refractivity (Wildman–Crippen MR) is 108 cm³/mol. The lowest BCUT2D eigenvalue weighted by Crippen LogP contribution is -2.28. The summed E-state index contributed by atoms with van der Waals surface area (Å²) < 4.78 is 10.3. The summed E-state index contributed by atoms with van der Waals surface area (Å²) in [6.07, 6.45) is -0.00686. The fourth-order valence-electron chi connectivity index (χ4n) is 3.12. The quantitative estimate of drug-likeness (QED) is 0.662. The van der Waals surface area contributed by atoms with Crippen molar-refractivity contribution >= 4 is 35.1 Å². The first kappa shape index (κ1) is 20.8. The Bertz CT molecular complexity index is 973. The van der Waals surface area contributed by atoms with E-state index in [-0.39, 0.29) is 18.9 Å². The maximum absolute atomic E-state index is 12.4. The summed E-state index contributed by atoms with van der Waals surface area (Å²) >= 11 is 0. The Balaban J connectivity index is 1.53. The molecule has 1 fully saturated rings. The fourth-order valence-corrected chi connectivity index (χ4v) is 3.12. The third kappa shape index (κ3) is 4.75. The highest BCUT2D eigenvalue weighted by molar-refractivity contribution is 6.01. The highest BCUT2D eigenvalue weighted by Gasteiger charge is 2.37. The molecule has 0 radical (unpaired) electrons. The molecule has 1 aliphatic heterocycles. The van der Waals surface area contributed by atoms with E-state index in [1.54, 1.807) is 24.3 Å². The maximum atomic E-state index is 12.4. The van der Waals surface area contributed by atoms with Gasteiger partial charge in [-0.3, -0.25) is 19.2 Å². The second kappa shape index (κ2) is 9.08. The Morgan fingerprint density at radius 2 is 1.83 bits per heavy atom. The maximum Gasteiger partial charge on any atom is 0.311 e. The van der Waals surface area contributed by atoms with Gasteiger partial charge in [0.25, 0.3) is 5.91 Å². The summed E-state index contributed by atoms with van der Waals surface area (Å²) in [6, 6.07) is 13.0. The van der Waals surface area contributed by atoms with Crippen LogP contribution in [0.3, 0.4) is 0 Å². The molecule has 156 valence electrons. The minimum absolute atomic E-state index is 0.00686. The number of benzene rings is 2. The van der Waals surface area contributed by atoms with Gasteiger partial charge in [0.1, 0.15) is 5.75 Å². The van der Waals surface area contributed by atoms with E-state index in [1.807, 2.05) is 0 Å². The number of primary amides is 1. The second-order valence-electron chi connectivity index (χ2n) is 6.67. The molecule has 9 nitrogen and oxygen atoms in total. The minimum Gasteiger partial charge on any atom is -0.495 e. The van der Waals surface area contributed by atoms with Crippen LogP contribution in [0.4, 0.5) is 11.4 Å². The Morgan fingerprint density at radius 3 is 2.50 bits per heavy atom. The van der Waals surface area contributed by atoms with E-state index in [9.17, 15) is 19.2 Å². The molecule has 3 N–H and O–H groups in total. The van der Waals surface area contributed by atoms with Crippen molar-refractivity contribution in [3.63, 3.8) is 0 Å². The molecule has 1 atom stereocenters. The van der Waals surface area contributed by atoms with E-state index in [0.29, 0.717) is 22.7 Å². The van der Waals surface area contributed by atoms with Gasteiger partial charge in [0.2, 0.25) is 11.8 Å². The van der Waals surface area contributed by atoms with Crippen LogP contribution in [0.25, 0.3) is 0 Å². The summed E-state index contributed by atoms with van der Waals surface area (Å²) in [7, 11) is 1.51. The van der Waals surface area contributed by atoms with Crippen molar-refractivity contribution in [3.8, 4) is 5.75 Å². The summed E-state index contributed by atoms with van der Waals surface area (Å²) in [5.74, 6) is -2.11. The number of esters is 1.